The average Bonchev–Trinajstić information content (AvgIpc) is 2.59. The summed E-state index contributed by atoms with van der Waals surface area (Å²) >= 11 is 0. The summed E-state index contributed by atoms with van der Waals surface area (Å²) < 4.78 is 0. The molecule has 1 aliphatic rings. The number of hydrogen-bond acceptors (Lipinski definition) is 4. The summed E-state index contributed by atoms with van der Waals surface area (Å²) in [6.07, 6.45) is 0. The van der Waals surface area contributed by atoms with Crippen molar-refractivity contribution in [3.05, 3.63) is 29.8 Å². The Bertz CT molecular complexity index is 436. The Balaban J connectivity index is 2.12. The molecule has 2 N–H and O–H groups in total. The molecule has 0 unspecified atom stereocenters. The fraction of sp³-hybridized carbons (Fsp3) is 0.200. The van der Waals surface area contributed by atoms with Crippen molar-refractivity contribution in [2.75, 3.05) is 0 Å². The lowest BCUT2D eigenvalue weighted by molar-refractivity contribution is -0.124. The van der Waals surface area contributed by atoms with Crippen LogP contribution in [0.2, 0.25) is 0 Å². The van der Waals surface area contributed by atoms with E-state index in [9.17, 15) is 9.59 Å². The smallest absolute Gasteiger partial charge is 0.270 e. The number of amides is 2. The van der Waals surface area contributed by atoms with Gasteiger partial charge in [0.15, 0.2) is 0 Å². The largest absolute Gasteiger partial charge is 0.274 e. The molecule has 6 nitrogen and oxygen atoms in total. The standard InChI is InChI=1S/C10H10N4O2/c1-6-2-4-7(5-3-6)11-12-8-9(15)13-14-10(8)16/h2-5,8H,1H3,(H,13,15)(H,14,16). The van der Waals surface area contributed by atoms with Crippen LogP contribution < -0.4 is 10.9 Å². The highest BCUT2D eigenvalue weighted by Crippen LogP contribution is 2.14. The van der Waals surface area contributed by atoms with Gasteiger partial charge in [0.1, 0.15) is 0 Å². The van der Waals surface area contributed by atoms with Crippen LogP contribution in [0.25, 0.3) is 0 Å². The molecule has 1 aliphatic heterocycles. The lowest BCUT2D eigenvalue weighted by Crippen LogP contribution is -2.28. The van der Waals surface area contributed by atoms with E-state index in [0.29, 0.717) is 5.69 Å². The molecule has 0 atom stereocenters. The molecule has 0 bridgehead atoms. The molecular weight excluding hydrogens is 208 g/mol. The molecule has 16 heavy (non-hydrogen) atoms. The van der Waals surface area contributed by atoms with E-state index >= 15 is 0 Å². The number of hydrogen-bond donors (Lipinski definition) is 2. The number of benzene rings is 1. The third-order valence-corrected chi connectivity index (χ3v) is 2.13. The van der Waals surface area contributed by atoms with E-state index in [2.05, 4.69) is 21.1 Å². The second-order valence-corrected chi connectivity index (χ2v) is 3.43. The Morgan fingerprint density at radius 1 is 1.06 bits per heavy atom. The maximum atomic E-state index is 11.1. The maximum Gasteiger partial charge on any atom is 0.274 e. The molecule has 2 rings (SSSR count). The lowest BCUT2D eigenvalue weighted by atomic mass is 10.2. The minimum absolute atomic E-state index is 0.485. The summed E-state index contributed by atoms with van der Waals surface area (Å²) in [7, 11) is 0. The first kappa shape index (κ1) is 10.3. The number of azo groups is 1. The Morgan fingerprint density at radius 2 is 1.62 bits per heavy atom. The van der Waals surface area contributed by atoms with E-state index < -0.39 is 17.9 Å². The van der Waals surface area contributed by atoms with Crippen LogP contribution in [0.5, 0.6) is 0 Å². The highest BCUT2D eigenvalue weighted by atomic mass is 16.2. The summed E-state index contributed by atoms with van der Waals surface area (Å²) in [4.78, 5) is 22.2. The van der Waals surface area contributed by atoms with E-state index in [0.717, 1.165) is 5.56 Å². The van der Waals surface area contributed by atoms with Gasteiger partial charge in [-0.2, -0.15) is 10.2 Å². The van der Waals surface area contributed by atoms with Gasteiger partial charge >= 0.3 is 0 Å². The zero-order valence-electron chi connectivity index (χ0n) is 8.60. The van der Waals surface area contributed by atoms with E-state index in [4.69, 9.17) is 0 Å². The Morgan fingerprint density at radius 3 is 2.19 bits per heavy atom. The van der Waals surface area contributed by atoms with Crippen molar-refractivity contribution in [1.29, 1.82) is 0 Å². The van der Waals surface area contributed by atoms with Crippen molar-refractivity contribution in [3.63, 3.8) is 0 Å². The third kappa shape index (κ3) is 2.05. The highest BCUT2D eigenvalue weighted by molar-refractivity contribution is 6.09. The van der Waals surface area contributed by atoms with E-state index in [1.54, 1.807) is 12.1 Å². The molecule has 0 aliphatic carbocycles. The monoisotopic (exact) mass is 218 g/mol. The minimum Gasteiger partial charge on any atom is -0.270 e. The molecule has 1 fully saturated rings. The summed E-state index contributed by atoms with van der Waals surface area (Å²) in [5.74, 6) is -0.971. The average molecular weight is 218 g/mol. The first-order valence-electron chi connectivity index (χ1n) is 4.74. The van der Waals surface area contributed by atoms with Gasteiger partial charge in [0.2, 0.25) is 6.04 Å². The maximum absolute atomic E-state index is 11.1. The fourth-order valence-corrected chi connectivity index (χ4v) is 1.22. The van der Waals surface area contributed by atoms with Gasteiger partial charge in [0.25, 0.3) is 11.8 Å². The quantitative estimate of drug-likeness (QED) is 0.563. The summed E-state index contributed by atoms with van der Waals surface area (Å²) in [6.45, 7) is 1.96. The van der Waals surface area contributed by atoms with Crippen LogP contribution in [-0.2, 0) is 9.59 Å². The Hall–Kier alpha value is -2.24. The van der Waals surface area contributed by atoms with Crippen molar-refractivity contribution in [2.45, 2.75) is 13.0 Å². The third-order valence-electron chi connectivity index (χ3n) is 2.13. The van der Waals surface area contributed by atoms with Crippen molar-refractivity contribution in [3.8, 4) is 0 Å². The van der Waals surface area contributed by atoms with Crippen LogP contribution in [0.15, 0.2) is 34.5 Å². The zero-order valence-corrected chi connectivity index (χ0v) is 8.60. The van der Waals surface area contributed by atoms with Gasteiger partial charge in [-0.3, -0.25) is 20.4 Å². The molecular formula is C10H10N4O2. The molecule has 2 amide bonds. The van der Waals surface area contributed by atoms with Gasteiger partial charge in [0.05, 0.1) is 5.69 Å². The number of carbonyl (C=O) groups excluding carboxylic acids is 2. The summed E-state index contributed by atoms with van der Waals surface area (Å²) in [6, 6.07) is 6.21. The minimum atomic E-state index is -1.08. The van der Waals surface area contributed by atoms with Crippen LogP contribution in [0, 0.1) is 6.92 Å². The molecule has 82 valence electrons. The van der Waals surface area contributed by atoms with Gasteiger partial charge in [-0.15, -0.1) is 0 Å². The number of aryl methyl sites for hydroxylation is 1. The first-order valence-corrected chi connectivity index (χ1v) is 4.74. The molecule has 0 spiro atoms. The number of carbonyl (C=O) groups is 2. The highest BCUT2D eigenvalue weighted by Gasteiger charge is 2.32. The molecule has 1 saturated heterocycles. The summed E-state index contributed by atoms with van der Waals surface area (Å²) in [5.41, 5.74) is 6.06. The Labute approximate surface area is 91.7 Å². The van der Waals surface area contributed by atoms with Gasteiger partial charge in [0, 0.05) is 0 Å². The van der Waals surface area contributed by atoms with Crippen molar-refractivity contribution in [2.24, 2.45) is 10.2 Å². The zero-order chi connectivity index (χ0) is 11.5. The second kappa shape index (κ2) is 4.09. The molecule has 0 aromatic heterocycles. The van der Waals surface area contributed by atoms with Gasteiger partial charge in [-0.1, -0.05) is 17.7 Å². The molecule has 0 radical (unpaired) electrons. The predicted octanol–water partition coefficient (Wildman–Crippen LogP) is 0.608. The topological polar surface area (TPSA) is 82.9 Å². The lowest BCUT2D eigenvalue weighted by Gasteiger charge is -1.95. The fourth-order valence-electron chi connectivity index (χ4n) is 1.22. The van der Waals surface area contributed by atoms with Crippen LogP contribution >= 0.6 is 0 Å². The van der Waals surface area contributed by atoms with Gasteiger partial charge in [-0.25, -0.2) is 0 Å². The number of rotatable bonds is 2. The van der Waals surface area contributed by atoms with Crippen LogP contribution in [0.1, 0.15) is 5.56 Å². The summed E-state index contributed by atoms with van der Waals surface area (Å²) in [5, 5.41) is 7.52. The van der Waals surface area contributed by atoms with Crippen LogP contribution in [0.3, 0.4) is 0 Å². The number of nitrogens with zero attached hydrogens (tertiary/aromatic N) is 2. The molecule has 1 heterocycles. The molecule has 0 saturated carbocycles. The van der Waals surface area contributed by atoms with Crippen molar-refractivity contribution < 1.29 is 9.59 Å². The second-order valence-electron chi connectivity index (χ2n) is 3.43. The van der Waals surface area contributed by atoms with Gasteiger partial charge in [-0.05, 0) is 19.1 Å². The van der Waals surface area contributed by atoms with E-state index in [1.807, 2.05) is 19.1 Å². The van der Waals surface area contributed by atoms with Crippen LogP contribution in [0.4, 0.5) is 5.69 Å². The predicted molar refractivity (Wildman–Crippen MR) is 55.8 cm³/mol. The molecule has 6 heteroatoms. The number of hydrazine groups is 1. The van der Waals surface area contributed by atoms with E-state index in [-0.39, 0.29) is 0 Å². The van der Waals surface area contributed by atoms with E-state index in [1.165, 1.54) is 0 Å². The Kier molecular flexibility index (Phi) is 2.63. The molecule has 1 aromatic carbocycles. The van der Waals surface area contributed by atoms with Crippen molar-refractivity contribution >= 4 is 17.5 Å². The normalized spacial score (nSPS) is 16.6. The molecule has 1 aromatic rings. The SMILES string of the molecule is Cc1ccc(N=NC2C(=O)NNC2=O)cc1. The number of nitrogens with one attached hydrogen (secondary N) is 2. The van der Waals surface area contributed by atoms with Gasteiger partial charge < -0.3 is 0 Å². The van der Waals surface area contributed by atoms with Crippen molar-refractivity contribution in [1.82, 2.24) is 10.9 Å². The van der Waals surface area contributed by atoms with Crippen LogP contribution in [-0.4, -0.2) is 17.9 Å². The first-order chi connectivity index (χ1) is 7.66.